The lowest BCUT2D eigenvalue weighted by atomic mass is 10.2. The van der Waals surface area contributed by atoms with Crippen LogP contribution in [0.5, 0.6) is 0 Å². The molecule has 0 radical (unpaired) electrons. The lowest BCUT2D eigenvalue weighted by molar-refractivity contribution is 0.0955. The van der Waals surface area contributed by atoms with Gasteiger partial charge in [0.15, 0.2) is 5.65 Å². The third-order valence-corrected chi connectivity index (χ3v) is 6.41. The summed E-state index contributed by atoms with van der Waals surface area (Å²) in [5.74, 6) is 0.741. The second-order valence-corrected chi connectivity index (χ2v) is 8.31. The van der Waals surface area contributed by atoms with Crippen LogP contribution < -0.4 is 15.1 Å². The number of carbonyl (C=O) groups excluding carboxylic acids is 1. The van der Waals surface area contributed by atoms with E-state index in [2.05, 4.69) is 64.0 Å². The molecule has 0 unspecified atom stereocenters. The number of carbonyl (C=O) groups is 1. The second-order valence-electron chi connectivity index (χ2n) is 7.56. The van der Waals surface area contributed by atoms with E-state index in [4.69, 9.17) is 0 Å². The second kappa shape index (κ2) is 8.87. The Balaban J connectivity index is 1.24. The molecule has 0 saturated carbocycles. The Labute approximate surface area is 189 Å². The number of aromatic nitrogens is 6. The fraction of sp³-hybridized carbons (Fsp3) is 0.333. The Morgan fingerprint density at radius 1 is 1.09 bits per heavy atom. The van der Waals surface area contributed by atoms with Crippen LogP contribution in [-0.2, 0) is 6.54 Å². The third kappa shape index (κ3) is 3.98. The van der Waals surface area contributed by atoms with Gasteiger partial charge < -0.3 is 15.1 Å². The van der Waals surface area contributed by atoms with Gasteiger partial charge in [0.05, 0.1) is 23.8 Å². The molecule has 1 aliphatic heterocycles. The first kappa shape index (κ1) is 20.3. The van der Waals surface area contributed by atoms with Crippen molar-refractivity contribution in [1.29, 1.82) is 0 Å². The van der Waals surface area contributed by atoms with Gasteiger partial charge >= 0.3 is 0 Å². The number of amides is 1. The lowest BCUT2D eigenvalue weighted by Crippen LogP contribution is -2.46. The van der Waals surface area contributed by atoms with Crippen LogP contribution in [0.2, 0.25) is 0 Å². The zero-order valence-corrected chi connectivity index (χ0v) is 18.5. The molecule has 3 aromatic heterocycles. The maximum Gasteiger partial charge on any atom is 0.265 e. The van der Waals surface area contributed by atoms with Crippen molar-refractivity contribution < 1.29 is 4.79 Å². The van der Waals surface area contributed by atoms with E-state index >= 15 is 0 Å². The number of fused-ring (bicyclic) bond motifs is 1. The highest BCUT2D eigenvalue weighted by atomic mass is 32.1. The molecule has 11 heteroatoms. The van der Waals surface area contributed by atoms with Gasteiger partial charge in [0.2, 0.25) is 0 Å². The van der Waals surface area contributed by atoms with Crippen molar-refractivity contribution in [3.8, 4) is 0 Å². The van der Waals surface area contributed by atoms with Crippen LogP contribution in [0.15, 0.2) is 42.9 Å². The van der Waals surface area contributed by atoms with E-state index in [-0.39, 0.29) is 5.91 Å². The van der Waals surface area contributed by atoms with Gasteiger partial charge in [0.25, 0.3) is 5.91 Å². The maximum absolute atomic E-state index is 12.3. The Hall–Kier alpha value is -3.60. The topological polar surface area (TPSA) is 105 Å². The van der Waals surface area contributed by atoms with Gasteiger partial charge in [-0.3, -0.25) is 4.79 Å². The van der Waals surface area contributed by atoms with Crippen LogP contribution in [0.3, 0.4) is 0 Å². The summed E-state index contributed by atoms with van der Waals surface area (Å²) in [6.45, 7) is 6.34. The number of hydrogen-bond acceptors (Lipinski definition) is 9. The number of anilines is 2. The lowest BCUT2D eigenvalue weighted by Gasteiger charge is -2.36. The van der Waals surface area contributed by atoms with Crippen molar-refractivity contribution >= 4 is 40.0 Å². The molecule has 0 spiro atoms. The quantitative estimate of drug-likeness (QED) is 0.475. The van der Waals surface area contributed by atoms with Gasteiger partial charge in [0, 0.05) is 38.4 Å². The van der Waals surface area contributed by atoms with E-state index < -0.39 is 0 Å². The van der Waals surface area contributed by atoms with E-state index in [0.29, 0.717) is 23.7 Å². The first-order valence-electron chi connectivity index (χ1n) is 10.5. The number of nitrogens with one attached hydrogen (secondary N) is 1. The summed E-state index contributed by atoms with van der Waals surface area (Å²) in [7, 11) is 0. The fourth-order valence-corrected chi connectivity index (χ4v) is 4.48. The standard InChI is InChI=1S/C21H23N9OS/c1-15-18(32-27-26-15)21(31)22-7-8-30-20-17(13-25-30)19(23-14-24-20)29-11-9-28(10-12-29)16-5-3-2-4-6-16/h2-6,13-14H,7-12H2,1H3,(H,22,31). The maximum atomic E-state index is 12.3. The number of rotatable bonds is 6. The largest absolute Gasteiger partial charge is 0.368 e. The zero-order valence-electron chi connectivity index (χ0n) is 17.7. The SMILES string of the molecule is Cc1nnsc1C(=O)NCCn1ncc2c(N3CCN(c4ccccc4)CC3)ncnc21. The number of nitrogens with zero attached hydrogens (tertiary/aromatic N) is 8. The Bertz CT molecular complexity index is 1210. The smallest absolute Gasteiger partial charge is 0.265 e. The predicted molar refractivity (Wildman–Crippen MR) is 123 cm³/mol. The van der Waals surface area contributed by atoms with E-state index in [1.165, 1.54) is 5.69 Å². The Kier molecular flexibility index (Phi) is 5.63. The fourth-order valence-electron chi connectivity index (χ4n) is 3.91. The third-order valence-electron chi connectivity index (χ3n) is 5.58. The highest BCUT2D eigenvalue weighted by Gasteiger charge is 2.21. The molecule has 1 N–H and O–H groups in total. The minimum atomic E-state index is -0.166. The molecule has 4 aromatic rings. The number of hydrogen-bond donors (Lipinski definition) is 1. The Morgan fingerprint density at radius 2 is 1.88 bits per heavy atom. The molecule has 1 aliphatic rings. The summed E-state index contributed by atoms with van der Waals surface area (Å²) in [4.78, 5) is 26.5. The summed E-state index contributed by atoms with van der Waals surface area (Å²) in [5.41, 5.74) is 2.66. The summed E-state index contributed by atoms with van der Waals surface area (Å²) in [6.07, 6.45) is 3.40. The van der Waals surface area contributed by atoms with Crippen LogP contribution in [0.4, 0.5) is 11.5 Å². The summed E-state index contributed by atoms with van der Waals surface area (Å²) < 4.78 is 5.61. The average Bonchev–Trinajstić information content (AvgIpc) is 3.46. The summed E-state index contributed by atoms with van der Waals surface area (Å²) in [5, 5.41) is 12.2. The highest BCUT2D eigenvalue weighted by Crippen LogP contribution is 2.25. The van der Waals surface area contributed by atoms with Crippen LogP contribution in [0.1, 0.15) is 15.4 Å². The van der Waals surface area contributed by atoms with Crippen LogP contribution in [0.25, 0.3) is 11.0 Å². The van der Waals surface area contributed by atoms with Crippen molar-refractivity contribution in [2.45, 2.75) is 13.5 Å². The molecule has 0 bridgehead atoms. The number of benzene rings is 1. The number of piperazine rings is 1. The van der Waals surface area contributed by atoms with Gasteiger partial charge in [-0.15, -0.1) is 5.10 Å². The number of para-hydroxylation sites is 1. The molecule has 0 aliphatic carbocycles. The normalized spacial score (nSPS) is 14.2. The first-order chi connectivity index (χ1) is 15.7. The molecule has 0 atom stereocenters. The minimum absolute atomic E-state index is 0.166. The van der Waals surface area contributed by atoms with E-state index in [1.54, 1.807) is 17.9 Å². The van der Waals surface area contributed by atoms with Crippen LogP contribution in [-0.4, -0.2) is 68.0 Å². The molecule has 1 amide bonds. The molecule has 1 saturated heterocycles. The van der Waals surface area contributed by atoms with Crippen molar-refractivity contribution in [2.75, 3.05) is 42.5 Å². The van der Waals surface area contributed by atoms with E-state index in [9.17, 15) is 4.79 Å². The van der Waals surface area contributed by atoms with Crippen LogP contribution in [0, 0.1) is 6.92 Å². The van der Waals surface area contributed by atoms with Gasteiger partial charge in [-0.05, 0) is 30.6 Å². The predicted octanol–water partition coefficient (Wildman–Crippen LogP) is 1.74. The molecule has 5 rings (SSSR count). The van der Waals surface area contributed by atoms with Crippen molar-refractivity contribution in [2.24, 2.45) is 0 Å². The molecule has 164 valence electrons. The van der Waals surface area contributed by atoms with Gasteiger partial charge in [-0.2, -0.15) is 5.10 Å². The highest BCUT2D eigenvalue weighted by molar-refractivity contribution is 7.08. The monoisotopic (exact) mass is 449 g/mol. The molecule has 10 nitrogen and oxygen atoms in total. The minimum Gasteiger partial charge on any atom is -0.368 e. The summed E-state index contributed by atoms with van der Waals surface area (Å²) >= 11 is 1.10. The molecule has 1 fully saturated rings. The summed E-state index contributed by atoms with van der Waals surface area (Å²) in [6, 6.07) is 10.5. The molecule has 32 heavy (non-hydrogen) atoms. The van der Waals surface area contributed by atoms with Gasteiger partial charge in [-0.25, -0.2) is 14.6 Å². The molecule has 1 aromatic carbocycles. The van der Waals surface area contributed by atoms with E-state index in [1.807, 2.05) is 12.3 Å². The van der Waals surface area contributed by atoms with Gasteiger partial charge in [-0.1, -0.05) is 22.7 Å². The number of aryl methyl sites for hydroxylation is 1. The zero-order chi connectivity index (χ0) is 21.9. The van der Waals surface area contributed by atoms with Crippen molar-refractivity contribution in [3.63, 3.8) is 0 Å². The van der Waals surface area contributed by atoms with E-state index in [0.717, 1.165) is 54.6 Å². The molecular formula is C21H23N9OS. The van der Waals surface area contributed by atoms with Gasteiger partial charge in [0.1, 0.15) is 17.0 Å². The van der Waals surface area contributed by atoms with Crippen molar-refractivity contribution in [1.82, 2.24) is 34.7 Å². The molecule has 4 heterocycles. The molecular weight excluding hydrogens is 426 g/mol. The first-order valence-corrected chi connectivity index (χ1v) is 11.3. The average molecular weight is 450 g/mol. The Morgan fingerprint density at radius 3 is 2.62 bits per heavy atom. The van der Waals surface area contributed by atoms with Crippen molar-refractivity contribution in [3.05, 3.63) is 53.4 Å². The van der Waals surface area contributed by atoms with Crippen LogP contribution >= 0.6 is 11.5 Å².